The molecular weight excluding hydrogens is 134 g/mol. The summed E-state index contributed by atoms with van der Waals surface area (Å²) >= 11 is 0. The maximum absolute atomic E-state index is 2.74. The average molecular weight is 148 g/mol. The first-order valence-electron chi connectivity index (χ1n) is 3.01. The van der Waals surface area contributed by atoms with Crippen LogP contribution in [-0.4, -0.2) is 17.6 Å². The van der Waals surface area contributed by atoms with E-state index in [1.807, 2.05) is 0 Å². The molecule has 0 aliphatic carbocycles. The summed E-state index contributed by atoms with van der Waals surface area (Å²) < 4.78 is 0. The molecule has 0 radical (unpaired) electrons. The van der Waals surface area contributed by atoms with E-state index in [4.69, 9.17) is 0 Å². The maximum Gasteiger partial charge on any atom is -0.0109 e. The van der Waals surface area contributed by atoms with Gasteiger partial charge in [-0.15, -0.1) is 17.4 Å². The fourth-order valence-electron chi connectivity index (χ4n) is 0.367. The number of rotatable bonds is 3. The Morgan fingerprint density at radius 3 is 2.62 bits per heavy atom. The van der Waals surface area contributed by atoms with Gasteiger partial charge in [0, 0.05) is 0 Å². The van der Waals surface area contributed by atoms with E-state index in [2.05, 4.69) is 23.1 Å². The first-order valence-corrected chi connectivity index (χ1v) is 4.90. The summed E-state index contributed by atoms with van der Waals surface area (Å²) in [5.41, 5.74) is 0. The van der Waals surface area contributed by atoms with Gasteiger partial charge >= 0.3 is 0 Å². The minimum Gasteiger partial charge on any atom is -0.133 e. The van der Waals surface area contributed by atoms with Gasteiger partial charge in [-0.25, -0.2) is 0 Å². The van der Waals surface area contributed by atoms with Crippen molar-refractivity contribution in [2.45, 2.75) is 20.3 Å². The van der Waals surface area contributed by atoms with E-state index >= 15 is 0 Å². The van der Waals surface area contributed by atoms with Gasteiger partial charge in [-0.1, -0.05) is 6.92 Å². The van der Waals surface area contributed by atoms with Crippen molar-refractivity contribution in [3.63, 3.8) is 0 Å². The van der Waals surface area contributed by atoms with E-state index in [-0.39, 0.29) is 0 Å². The van der Waals surface area contributed by atoms with Crippen LogP contribution in [-0.2, 0) is 0 Å². The molecule has 0 aromatic heterocycles. The average Bonchev–Trinajstić information content (AvgIpc) is 1.83. The van der Waals surface area contributed by atoms with Crippen molar-refractivity contribution in [2.24, 2.45) is 0 Å². The van der Waals surface area contributed by atoms with Crippen molar-refractivity contribution in [2.75, 3.05) is 12.3 Å². The van der Waals surface area contributed by atoms with Gasteiger partial charge in [-0.2, -0.15) is 0 Å². The first-order chi connectivity index (χ1) is 3.81. The molecule has 0 saturated carbocycles. The van der Waals surface area contributed by atoms with Crippen LogP contribution in [0.2, 0.25) is 0 Å². The topological polar surface area (TPSA) is 0 Å². The second-order valence-corrected chi connectivity index (χ2v) is 3.76. The Hall–Kier alpha value is 0.600. The molecule has 8 heavy (non-hydrogen) atoms. The van der Waals surface area contributed by atoms with Gasteiger partial charge in [0.05, 0.1) is 0 Å². The molecule has 0 heterocycles. The summed E-state index contributed by atoms with van der Waals surface area (Å²) in [6.07, 6.45) is 3.81. The van der Waals surface area contributed by atoms with E-state index in [0.29, 0.717) is 0 Å². The molecule has 0 aliphatic rings. The Labute approximate surface area is 56.1 Å². The largest absolute Gasteiger partial charge is 0.133 e. The van der Waals surface area contributed by atoms with Crippen LogP contribution in [0.3, 0.4) is 0 Å². The minimum atomic E-state index is 1.17. The number of hydrogen-bond acceptors (Lipinski definition) is 0. The van der Waals surface area contributed by atoms with Crippen LogP contribution in [0.25, 0.3) is 0 Å². The van der Waals surface area contributed by atoms with E-state index in [9.17, 15) is 0 Å². The second kappa shape index (κ2) is 5.73. The fraction of sp³-hybridized carbons (Fsp3) is 0.833. The lowest BCUT2D eigenvalue weighted by Crippen LogP contribution is -1.85. The molecule has 2 heteroatoms. The highest BCUT2D eigenvalue weighted by molar-refractivity contribution is 7.42. The van der Waals surface area contributed by atoms with Crippen molar-refractivity contribution >= 4 is 22.7 Å². The standard InChI is InChI=1S/C6H14P2/c1-3-4-8-6(2)5-7/h3-5,7H2,1-2H3. The monoisotopic (exact) mass is 148 g/mol. The summed E-state index contributed by atoms with van der Waals surface area (Å²) in [7, 11) is 4.28. The molecular formula is C6H14P2. The zero-order chi connectivity index (χ0) is 6.41. The fourth-order valence-corrected chi connectivity index (χ4v) is 1.49. The molecule has 0 N–H and O–H groups in total. The third-order valence-electron chi connectivity index (χ3n) is 0.901. The molecule has 0 spiro atoms. The molecule has 0 rings (SSSR count). The third-order valence-corrected chi connectivity index (χ3v) is 3.25. The Kier molecular flexibility index (Phi) is 6.16. The lowest BCUT2D eigenvalue weighted by Gasteiger charge is -1.90. The van der Waals surface area contributed by atoms with Crippen molar-refractivity contribution in [3.05, 3.63) is 0 Å². The Morgan fingerprint density at radius 1 is 1.62 bits per heavy atom. The quantitative estimate of drug-likeness (QED) is 0.539. The summed E-state index contributed by atoms with van der Waals surface area (Å²) in [6, 6.07) is 0. The van der Waals surface area contributed by atoms with Crippen LogP contribution in [0.1, 0.15) is 20.3 Å². The van der Waals surface area contributed by atoms with Gasteiger partial charge in [0.15, 0.2) is 0 Å². The molecule has 1 unspecified atom stereocenters. The molecule has 0 amide bonds. The van der Waals surface area contributed by atoms with Gasteiger partial charge in [0.1, 0.15) is 0 Å². The van der Waals surface area contributed by atoms with Crippen LogP contribution in [0.4, 0.5) is 0 Å². The molecule has 0 bridgehead atoms. The first kappa shape index (κ1) is 8.60. The normalized spacial score (nSPS) is 12.1. The molecule has 0 aliphatic heterocycles. The summed E-state index contributed by atoms with van der Waals surface area (Å²) in [4.78, 5) is 0. The van der Waals surface area contributed by atoms with Gasteiger partial charge in [-0.05, 0) is 31.0 Å². The molecule has 1 atom stereocenters. The van der Waals surface area contributed by atoms with Crippen LogP contribution in [0.5, 0.6) is 0 Å². The van der Waals surface area contributed by atoms with Crippen molar-refractivity contribution in [3.8, 4) is 0 Å². The SMILES string of the molecule is CCCP=C(C)CP. The molecule has 0 fully saturated rings. The molecule has 48 valence electrons. The molecule has 0 aromatic carbocycles. The van der Waals surface area contributed by atoms with Gasteiger partial charge in [0.25, 0.3) is 0 Å². The van der Waals surface area contributed by atoms with Crippen LogP contribution in [0, 0.1) is 0 Å². The summed E-state index contributed by atoms with van der Waals surface area (Å²) in [6.45, 7) is 4.44. The predicted octanol–water partition coefficient (Wildman–Crippen LogP) is 2.41. The van der Waals surface area contributed by atoms with Crippen LogP contribution in [0.15, 0.2) is 0 Å². The lowest BCUT2D eigenvalue weighted by atomic mass is 10.6. The van der Waals surface area contributed by atoms with Crippen molar-refractivity contribution in [1.82, 2.24) is 0 Å². The van der Waals surface area contributed by atoms with Crippen LogP contribution >= 0.6 is 17.4 Å². The zero-order valence-electron chi connectivity index (χ0n) is 5.65. The summed E-state index contributed by atoms with van der Waals surface area (Å²) in [5, 5.41) is 1.58. The highest BCUT2D eigenvalue weighted by atomic mass is 31.1. The molecule has 0 saturated heterocycles. The van der Waals surface area contributed by atoms with Crippen LogP contribution < -0.4 is 0 Å². The Bertz CT molecular complexity index is 76.6. The Morgan fingerprint density at radius 2 is 2.25 bits per heavy atom. The third kappa shape index (κ3) is 4.75. The smallest absolute Gasteiger partial charge is 0.0109 e. The van der Waals surface area contributed by atoms with E-state index < -0.39 is 0 Å². The minimum absolute atomic E-state index is 1.17. The van der Waals surface area contributed by atoms with E-state index in [1.54, 1.807) is 5.29 Å². The molecule has 0 aromatic rings. The highest BCUT2D eigenvalue weighted by Gasteiger charge is 1.80. The number of hydrogen-bond donors (Lipinski definition) is 0. The lowest BCUT2D eigenvalue weighted by molar-refractivity contribution is 1.11. The van der Waals surface area contributed by atoms with Crippen molar-refractivity contribution in [1.29, 1.82) is 0 Å². The maximum atomic E-state index is 2.74. The van der Waals surface area contributed by atoms with Gasteiger partial charge in [-0.3, -0.25) is 0 Å². The van der Waals surface area contributed by atoms with E-state index in [0.717, 1.165) is 0 Å². The van der Waals surface area contributed by atoms with Gasteiger partial charge < -0.3 is 0 Å². The second-order valence-electron chi connectivity index (χ2n) is 1.82. The van der Waals surface area contributed by atoms with Crippen molar-refractivity contribution < 1.29 is 0 Å². The van der Waals surface area contributed by atoms with Gasteiger partial charge in [0.2, 0.25) is 0 Å². The molecule has 0 nitrogen and oxygen atoms in total. The predicted molar refractivity (Wildman–Crippen MR) is 47.3 cm³/mol. The summed E-state index contributed by atoms with van der Waals surface area (Å²) in [5.74, 6) is 0. The zero-order valence-corrected chi connectivity index (χ0v) is 7.70. The Balaban J connectivity index is 3.26. The van der Waals surface area contributed by atoms with E-state index in [1.165, 1.54) is 26.9 Å². The highest BCUT2D eigenvalue weighted by Crippen LogP contribution is 2.03.